The van der Waals surface area contributed by atoms with Crippen molar-refractivity contribution in [2.24, 2.45) is 0 Å². The van der Waals surface area contributed by atoms with Crippen LogP contribution in [0.3, 0.4) is 0 Å². The highest BCUT2D eigenvalue weighted by Crippen LogP contribution is 2.19. The molecule has 0 aliphatic heterocycles. The lowest BCUT2D eigenvalue weighted by atomic mass is 10.1. The largest absolute Gasteiger partial charge is 0.507 e. The molecular formula is C11H14O3. The molecule has 0 saturated heterocycles. The number of carbonyl (C=O) groups excluding carboxylic acids is 1. The highest BCUT2D eigenvalue weighted by Gasteiger charge is 2.11. The maximum atomic E-state index is 11.3. The Morgan fingerprint density at radius 1 is 1.43 bits per heavy atom. The fourth-order valence-corrected chi connectivity index (χ4v) is 1.18. The van der Waals surface area contributed by atoms with Crippen molar-refractivity contribution in [3.8, 4) is 5.75 Å². The van der Waals surface area contributed by atoms with E-state index in [0.29, 0.717) is 6.61 Å². The molecule has 0 saturated carbocycles. The average Bonchev–Trinajstić information content (AvgIpc) is 2.17. The maximum absolute atomic E-state index is 11.3. The average molecular weight is 194 g/mol. The first kappa shape index (κ1) is 10.6. The number of hydrogen-bond donors (Lipinski definition) is 1. The van der Waals surface area contributed by atoms with E-state index in [9.17, 15) is 9.90 Å². The van der Waals surface area contributed by atoms with Gasteiger partial charge >= 0.3 is 5.97 Å². The third-order valence-corrected chi connectivity index (χ3v) is 1.97. The summed E-state index contributed by atoms with van der Waals surface area (Å²) < 4.78 is 4.78. The standard InChI is InChI=1S/C11H14O3/c1-3-8-5-6-9(10(12)7-8)11(13)14-4-2/h5-7,12H,3-4H2,1-2H3. The SMILES string of the molecule is CCOC(=O)c1ccc(CC)cc1O. The number of carbonyl (C=O) groups is 1. The summed E-state index contributed by atoms with van der Waals surface area (Å²) in [6, 6.07) is 4.99. The van der Waals surface area contributed by atoms with Crippen LogP contribution in [0.5, 0.6) is 5.75 Å². The minimum absolute atomic E-state index is 0.0113. The summed E-state index contributed by atoms with van der Waals surface area (Å²) in [5.41, 5.74) is 1.22. The van der Waals surface area contributed by atoms with E-state index >= 15 is 0 Å². The molecule has 1 N–H and O–H groups in total. The van der Waals surface area contributed by atoms with Crippen molar-refractivity contribution in [1.29, 1.82) is 0 Å². The van der Waals surface area contributed by atoms with Gasteiger partial charge in [-0.1, -0.05) is 13.0 Å². The molecule has 0 bridgehead atoms. The Labute approximate surface area is 83.3 Å². The van der Waals surface area contributed by atoms with Crippen molar-refractivity contribution in [1.82, 2.24) is 0 Å². The van der Waals surface area contributed by atoms with E-state index in [2.05, 4.69) is 0 Å². The van der Waals surface area contributed by atoms with E-state index in [0.717, 1.165) is 12.0 Å². The Bertz CT molecular complexity index is 331. The smallest absolute Gasteiger partial charge is 0.341 e. The number of benzene rings is 1. The van der Waals surface area contributed by atoms with Crippen LogP contribution < -0.4 is 0 Å². The van der Waals surface area contributed by atoms with Gasteiger partial charge in [-0.3, -0.25) is 0 Å². The van der Waals surface area contributed by atoms with E-state index in [1.807, 2.05) is 13.0 Å². The second kappa shape index (κ2) is 4.65. The van der Waals surface area contributed by atoms with Crippen molar-refractivity contribution in [3.05, 3.63) is 29.3 Å². The molecule has 3 nitrogen and oxygen atoms in total. The highest BCUT2D eigenvalue weighted by molar-refractivity contribution is 5.92. The van der Waals surface area contributed by atoms with Gasteiger partial charge in [-0.2, -0.15) is 0 Å². The van der Waals surface area contributed by atoms with E-state index in [4.69, 9.17) is 4.74 Å². The number of phenolic OH excluding ortho intramolecular Hbond substituents is 1. The molecule has 0 aliphatic carbocycles. The van der Waals surface area contributed by atoms with Crippen LogP contribution in [-0.2, 0) is 11.2 Å². The zero-order valence-corrected chi connectivity index (χ0v) is 8.41. The summed E-state index contributed by atoms with van der Waals surface area (Å²) in [6.07, 6.45) is 0.830. The van der Waals surface area contributed by atoms with Gasteiger partial charge in [0.2, 0.25) is 0 Å². The quantitative estimate of drug-likeness (QED) is 0.750. The molecule has 0 amide bonds. The number of aromatic hydroxyl groups is 1. The fraction of sp³-hybridized carbons (Fsp3) is 0.364. The van der Waals surface area contributed by atoms with Gasteiger partial charge in [0.25, 0.3) is 0 Å². The lowest BCUT2D eigenvalue weighted by Gasteiger charge is -2.05. The maximum Gasteiger partial charge on any atom is 0.341 e. The minimum Gasteiger partial charge on any atom is -0.507 e. The van der Waals surface area contributed by atoms with Crippen LogP contribution in [0.2, 0.25) is 0 Å². The van der Waals surface area contributed by atoms with Crippen LogP contribution in [-0.4, -0.2) is 17.7 Å². The van der Waals surface area contributed by atoms with Crippen molar-refractivity contribution in [2.45, 2.75) is 20.3 Å². The molecule has 0 radical (unpaired) electrons. The Kier molecular flexibility index (Phi) is 3.51. The molecule has 1 aromatic rings. The van der Waals surface area contributed by atoms with Gasteiger partial charge in [-0.05, 0) is 31.0 Å². The Morgan fingerprint density at radius 3 is 2.64 bits per heavy atom. The van der Waals surface area contributed by atoms with Crippen LogP contribution in [0, 0.1) is 0 Å². The summed E-state index contributed by atoms with van der Waals surface area (Å²) in [4.78, 5) is 11.3. The zero-order chi connectivity index (χ0) is 10.6. The normalized spacial score (nSPS) is 9.86. The summed E-state index contributed by atoms with van der Waals surface area (Å²) in [5, 5.41) is 9.52. The molecule has 14 heavy (non-hydrogen) atoms. The minimum atomic E-state index is -0.479. The summed E-state index contributed by atoms with van der Waals surface area (Å²) in [6.45, 7) is 4.03. The molecule has 0 heterocycles. The predicted molar refractivity (Wildman–Crippen MR) is 53.4 cm³/mol. The van der Waals surface area contributed by atoms with Gasteiger partial charge in [0.05, 0.1) is 6.61 Å². The molecule has 1 rings (SSSR count). The third-order valence-electron chi connectivity index (χ3n) is 1.97. The summed E-state index contributed by atoms with van der Waals surface area (Å²) in [5.74, 6) is -0.490. The molecule has 1 aromatic carbocycles. The van der Waals surface area contributed by atoms with Gasteiger partial charge in [0.15, 0.2) is 0 Å². The van der Waals surface area contributed by atoms with Crippen molar-refractivity contribution < 1.29 is 14.6 Å². The molecule has 0 spiro atoms. The predicted octanol–water partition coefficient (Wildman–Crippen LogP) is 2.13. The first-order chi connectivity index (χ1) is 6.69. The number of rotatable bonds is 3. The monoisotopic (exact) mass is 194 g/mol. The first-order valence-electron chi connectivity index (χ1n) is 4.68. The van der Waals surface area contributed by atoms with Crippen LogP contribution in [0.1, 0.15) is 29.8 Å². The van der Waals surface area contributed by atoms with Crippen molar-refractivity contribution in [3.63, 3.8) is 0 Å². The molecule has 76 valence electrons. The number of esters is 1. The van der Waals surface area contributed by atoms with E-state index < -0.39 is 5.97 Å². The Morgan fingerprint density at radius 2 is 2.14 bits per heavy atom. The topological polar surface area (TPSA) is 46.5 Å². The van der Waals surface area contributed by atoms with E-state index in [1.165, 1.54) is 0 Å². The molecule has 0 fully saturated rings. The third kappa shape index (κ3) is 2.25. The van der Waals surface area contributed by atoms with Gasteiger partial charge < -0.3 is 9.84 Å². The molecule has 0 aromatic heterocycles. The van der Waals surface area contributed by atoms with Crippen LogP contribution >= 0.6 is 0 Å². The van der Waals surface area contributed by atoms with Gasteiger partial charge in [0.1, 0.15) is 11.3 Å². The molecule has 0 aliphatic rings. The lowest BCUT2D eigenvalue weighted by Crippen LogP contribution is -2.04. The van der Waals surface area contributed by atoms with Crippen LogP contribution in [0.4, 0.5) is 0 Å². The fourth-order valence-electron chi connectivity index (χ4n) is 1.18. The Hall–Kier alpha value is -1.51. The number of hydrogen-bond acceptors (Lipinski definition) is 3. The first-order valence-corrected chi connectivity index (χ1v) is 4.68. The molecule has 0 atom stereocenters. The zero-order valence-electron chi connectivity index (χ0n) is 8.41. The summed E-state index contributed by atoms with van der Waals surface area (Å²) in [7, 11) is 0. The van der Waals surface area contributed by atoms with Crippen molar-refractivity contribution in [2.75, 3.05) is 6.61 Å². The van der Waals surface area contributed by atoms with Crippen LogP contribution in [0.15, 0.2) is 18.2 Å². The number of aryl methyl sites for hydroxylation is 1. The van der Waals surface area contributed by atoms with Gasteiger partial charge in [-0.15, -0.1) is 0 Å². The Balaban J connectivity index is 2.94. The van der Waals surface area contributed by atoms with Gasteiger partial charge in [-0.25, -0.2) is 4.79 Å². The molecule has 0 unspecified atom stereocenters. The summed E-state index contributed by atoms with van der Waals surface area (Å²) >= 11 is 0. The lowest BCUT2D eigenvalue weighted by molar-refractivity contribution is 0.0523. The van der Waals surface area contributed by atoms with Crippen molar-refractivity contribution >= 4 is 5.97 Å². The second-order valence-electron chi connectivity index (χ2n) is 2.93. The molecule has 3 heteroatoms. The van der Waals surface area contributed by atoms with E-state index in [-0.39, 0.29) is 11.3 Å². The second-order valence-corrected chi connectivity index (χ2v) is 2.93. The van der Waals surface area contributed by atoms with Crippen LogP contribution in [0.25, 0.3) is 0 Å². The van der Waals surface area contributed by atoms with E-state index in [1.54, 1.807) is 19.1 Å². The highest BCUT2D eigenvalue weighted by atomic mass is 16.5. The number of phenols is 1. The number of ether oxygens (including phenoxy) is 1. The van der Waals surface area contributed by atoms with Gasteiger partial charge in [0, 0.05) is 0 Å². The molecular weight excluding hydrogens is 180 g/mol.